The lowest BCUT2D eigenvalue weighted by molar-refractivity contribution is 0.0893. The largest absolute Gasteiger partial charge is 0.485 e. The third kappa shape index (κ3) is 2.51. The van der Waals surface area contributed by atoms with Gasteiger partial charge in [0.1, 0.15) is 5.75 Å². The lowest BCUT2D eigenvalue weighted by Crippen LogP contribution is -2.10. The number of hydrogen-bond donors (Lipinski definition) is 0. The number of carbonyl (C=O) groups excluding carboxylic acids is 1. The molecule has 0 saturated heterocycles. The van der Waals surface area contributed by atoms with Crippen LogP contribution in [0.3, 0.4) is 0 Å². The van der Waals surface area contributed by atoms with Crippen molar-refractivity contribution in [3.8, 4) is 5.75 Å². The van der Waals surface area contributed by atoms with E-state index < -0.39 is 0 Å². The number of aryl methyl sites for hydroxylation is 1. The number of ether oxygens (including phenoxy) is 1. The van der Waals surface area contributed by atoms with Gasteiger partial charge in [0.25, 0.3) is 0 Å². The summed E-state index contributed by atoms with van der Waals surface area (Å²) in [5, 5.41) is 0. The predicted molar refractivity (Wildman–Crippen MR) is 59.7 cm³/mol. The van der Waals surface area contributed by atoms with Crippen molar-refractivity contribution in [2.24, 2.45) is 0 Å². The maximum Gasteiger partial charge on any atom is 0.235 e. The van der Waals surface area contributed by atoms with Crippen LogP contribution in [0.15, 0.2) is 47.1 Å². The van der Waals surface area contributed by atoms with Gasteiger partial charge in [-0.1, -0.05) is 12.1 Å². The Kier molecular flexibility index (Phi) is 3.05. The van der Waals surface area contributed by atoms with E-state index in [1.165, 1.54) is 6.26 Å². The van der Waals surface area contributed by atoms with Gasteiger partial charge in [-0.25, -0.2) is 0 Å². The Bertz CT molecular complexity index is 472. The van der Waals surface area contributed by atoms with Crippen LogP contribution in [0.2, 0.25) is 0 Å². The molecule has 0 N–H and O–H groups in total. The summed E-state index contributed by atoms with van der Waals surface area (Å²) in [5.74, 6) is 0.860. The fourth-order valence-corrected chi connectivity index (χ4v) is 1.36. The van der Waals surface area contributed by atoms with Crippen LogP contribution in [0, 0.1) is 6.92 Å². The Hall–Kier alpha value is -2.03. The molecule has 1 aromatic heterocycles. The zero-order chi connectivity index (χ0) is 11.4. The molecule has 0 saturated carbocycles. The maximum absolute atomic E-state index is 11.5. The Morgan fingerprint density at radius 2 is 2.19 bits per heavy atom. The van der Waals surface area contributed by atoms with Crippen molar-refractivity contribution in [2.75, 3.05) is 6.61 Å². The highest BCUT2D eigenvalue weighted by Gasteiger charge is 2.09. The molecule has 0 aliphatic heterocycles. The first-order chi connectivity index (χ1) is 7.75. The van der Waals surface area contributed by atoms with Crippen LogP contribution in [0.4, 0.5) is 0 Å². The van der Waals surface area contributed by atoms with Crippen molar-refractivity contribution < 1.29 is 13.9 Å². The van der Waals surface area contributed by atoms with Gasteiger partial charge in [-0.3, -0.25) is 4.79 Å². The molecular weight excluding hydrogens is 204 g/mol. The monoisotopic (exact) mass is 216 g/mol. The molecule has 16 heavy (non-hydrogen) atoms. The van der Waals surface area contributed by atoms with E-state index in [-0.39, 0.29) is 12.4 Å². The second-order valence-electron chi connectivity index (χ2n) is 3.51. The molecule has 0 aliphatic rings. The summed E-state index contributed by atoms with van der Waals surface area (Å²) in [6, 6.07) is 10.9. The average Bonchev–Trinajstić information content (AvgIpc) is 2.79. The van der Waals surface area contributed by atoms with Crippen molar-refractivity contribution in [3.63, 3.8) is 0 Å². The Labute approximate surface area is 93.7 Å². The van der Waals surface area contributed by atoms with E-state index >= 15 is 0 Å². The van der Waals surface area contributed by atoms with Crippen LogP contribution >= 0.6 is 0 Å². The zero-order valence-corrected chi connectivity index (χ0v) is 8.97. The van der Waals surface area contributed by atoms with E-state index in [1.807, 2.05) is 31.2 Å². The number of rotatable bonds is 4. The molecule has 0 atom stereocenters. The first kappa shape index (κ1) is 10.5. The van der Waals surface area contributed by atoms with Gasteiger partial charge in [-0.2, -0.15) is 0 Å². The molecule has 0 unspecified atom stereocenters. The molecule has 0 radical (unpaired) electrons. The van der Waals surface area contributed by atoms with Gasteiger partial charge in [-0.05, 0) is 36.8 Å². The SMILES string of the molecule is Cc1cccc(OCC(=O)c2ccco2)c1. The van der Waals surface area contributed by atoms with Gasteiger partial charge in [0.15, 0.2) is 12.4 Å². The topological polar surface area (TPSA) is 39.4 Å². The molecule has 3 heteroatoms. The lowest BCUT2D eigenvalue weighted by Gasteiger charge is -2.04. The molecule has 0 spiro atoms. The number of carbonyl (C=O) groups is 1. The highest BCUT2D eigenvalue weighted by molar-refractivity contribution is 5.94. The third-order valence-corrected chi connectivity index (χ3v) is 2.16. The van der Waals surface area contributed by atoms with Crippen LogP contribution < -0.4 is 4.74 Å². The van der Waals surface area contributed by atoms with Crippen LogP contribution in [-0.2, 0) is 0 Å². The van der Waals surface area contributed by atoms with E-state index in [0.717, 1.165) is 5.56 Å². The summed E-state index contributed by atoms with van der Waals surface area (Å²) in [7, 11) is 0. The molecule has 82 valence electrons. The van der Waals surface area contributed by atoms with Gasteiger partial charge in [-0.15, -0.1) is 0 Å². The zero-order valence-electron chi connectivity index (χ0n) is 8.97. The van der Waals surface area contributed by atoms with Gasteiger partial charge < -0.3 is 9.15 Å². The Morgan fingerprint density at radius 1 is 1.31 bits per heavy atom. The smallest absolute Gasteiger partial charge is 0.235 e. The highest BCUT2D eigenvalue weighted by atomic mass is 16.5. The quantitative estimate of drug-likeness (QED) is 0.738. The molecule has 0 bridgehead atoms. The normalized spacial score (nSPS) is 10.1. The van der Waals surface area contributed by atoms with E-state index in [1.54, 1.807) is 12.1 Å². The summed E-state index contributed by atoms with van der Waals surface area (Å²) in [5.41, 5.74) is 1.10. The minimum atomic E-state index is -0.161. The van der Waals surface area contributed by atoms with Crippen molar-refractivity contribution in [1.29, 1.82) is 0 Å². The van der Waals surface area contributed by atoms with Crippen molar-refractivity contribution in [3.05, 3.63) is 54.0 Å². The summed E-state index contributed by atoms with van der Waals surface area (Å²) in [6.07, 6.45) is 1.47. The van der Waals surface area contributed by atoms with E-state index in [0.29, 0.717) is 11.5 Å². The minimum Gasteiger partial charge on any atom is -0.485 e. The standard InChI is InChI=1S/C13H12O3/c1-10-4-2-5-11(8-10)16-9-12(14)13-6-3-7-15-13/h2-8H,9H2,1H3. The van der Waals surface area contributed by atoms with Crippen LogP contribution in [0.5, 0.6) is 5.75 Å². The molecule has 0 fully saturated rings. The average molecular weight is 216 g/mol. The molecule has 2 rings (SSSR count). The molecule has 1 aromatic carbocycles. The molecule has 2 aromatic rings. The number of furan rings is 1. The molecule has 0 aliphatic carbocycles. The number of hydrogen-bond acceptors (Lipinski definition) is 3. The minimum absolute atomic E-state index is 0.00301. The second kappa shape index (κ2) is 4.66. The Morgan fingerprint density at radius 3 is 2.88 bits per heavy atom. The van der Waals surface area contributed by atoms with Gasteiger partial charge in [0.05, 0.1) is 6.26 Å². The number of ketones is 1. The third-order valence-electron chi connectivity index (χ3n) is 2.16. The molecule has 1 heterocycles. The number of Topliss-reactive ketones (excluding diaryl/α,β-unsaturated/α-hetero) is 1. The molecule has 0 amide bonds. The lowest BCUT2D eigenvalue weighted by atomic mass is 10.2. The first-order valence-corrected chi connectivity index (χ1v) is 5.02. The Balaban J connectivity index is 1.95. The van der Waals surface area contributed by atoms with Crippen molar-refractivity contribution in [1.82, 2.24) is 0 Å². The van der Waals surface area contributed by atoms with Gasteiger partial charge in [0.2, 0.25) is 5.78 Å². The van der Waals surface area contributed by atoms with E-state index in [2.05, 4.69) is 0 Å². The molecular formula is C13H12O3. The fourth-order valence-electron chi connectivity index (χ4n) is 1.36. The summed E-state index contributed by atoms with van der Waals surface area (Å²) < 4.78 is 10.3. The van der Waals surface area contributed by atoms with E-state index in [4.69, 9.17) is 9.15 Å². The van der Waals surface area contributed by atoms with Gasteiger partial charge >= 0.3 is 0 Å². The maximum atomic E-state index is 11.5. The van der Waals surface area contributed by atoms with E-state index in [9.17, 15) is 4.79 Å². The summed E-state index contributed by atoms with van der Waals surface area (Å²) >= 11 is 0. The highest BCUT2D eigenvalue weighted by Crippen LogP contribution is 2.13. The molecule has 3 nitrogen and oxygen atoms in total. The summed E-state index contributed by atoms with van der Waals surface area (Å²) in [6.45, 7) is 1.97. The van der Waals surface area contributed by atoms with Crippen LogP contribution in [-0.4, -0.2) is 12.4 Å². The van der Waals surface area contributed by atoms with Crippen LogP contribution in [0.25, 0.3) is 0 Å². The number of benzene rings is 1. The van der Waals surface area contributed by atoms with Crippen molar-refractivity contribution >= 4 is 5.78 Å². The first-order valence-electron chi connectivity index (χ1n) is 5.02. The van der Waals surface area contributed by atoms with Crippen LogP contribution in [0.1, 0.15) is 16.1 Å². The predicted octanol–water partition coefficient (Wildman–Crippen LogP) is 2.85. The fraction of sp³-hybridized carbons (Fsp3) is 0.154. The van der Waals surface area contributed by atoms with Gasteiger partial charge in [0, 0.05) is 0 Å². The second-order valence-corrected chi connectivity index (χ2v) is 3.51. The summed E-state index contributed by atoms with van der Waals surface area (Å²) in [4.78, 5) is 11.5. The van der Waals surface area contributed by atoms with Crippen molar-refractivity contribution in [2.45, 2.75) is 6.92 Å².